The number of nitrogens with zero attached hydrogens (tertiary/aromatic N) is 3. The number of halogens is 3. The Balaban J connectivity index is 2.22. The van der Waals surface area contributed by atoms with Crippen molar-refractivity contribution in [2.45, 2.75) is 33.4 Å². The lowest BCUT2D eigenvalue weighted by Gasteiger charge is -2.11. The Morgan fingerprint density at radius 1 is 1.25 bits per heavy atom. The molecule has 7 heteroatoms. The summed E-state index contributed by atoms with van der Waals surface area (Å²) in [5.41, 5.74) is 3.00. The fraction of sp³-hybridized carbons (Fsp3) is 0.412. The van der Waals surface area contributed by atoms with Crippen LogP contribution in [0.2, 0.25) is 0 Å². The SMILES string of the molecule is CCN(C)C=Nc1cc(C)c(Cc2nc(C(F)(F)F)cs2)cc1C. The molecule has 0 atom stereocenters. The lowest BCUT2D eigenvalue weighted by Crippen LogP contribution is -2.14. The first-order valence-electron chi connectivity index (χ1n) is 7.57. The van der Waals surface area contributed by atoms with Crippen molar-refractivity contribution in [3.63, 3.8) is 0 Å². The minimum absolute atomic E-state index is 0.395. The van der Waals surface area contributed by atoms with Crippen molar-refractivity contribution in [1.29, 1.82) is 0 Å². The molecule has 1 aromatic carbocycles. The van der Waals surface area contributed by atoms with Gasteiger partial charge in [0.25, 0.3) is 0 Å². The third-order valence-corrected chi connectivity index (χ3v) is 4.58. The number of hydrogen-bond donors (Lipinski definition) is 0. The van der Waals surface area contributed by atoms with Crippen LogP contribution in [0.25, 0.3) is 0 Å². The van der Waals surface area contributed by atoms with Gasteiger partial charge in [0.15, 0.2) is 5.69 Å². The first-order valence-corrected chi connectivity index (χ1v) is 8.44. The standard InChI is InChI=1S/C17H20F3N3S/c1-5-23(4)10-21-14-7-11(2)13(6-12(14)3)8-16-22-15(9-24-16)17(18,19)20/h6-7,9-10H,5,8H2,1-4H3. The highest BCUT2D eigenvalue weighted by Crippen LogP contribution is 2.31. The van der Waals surface area contributed by atoms with Crippen LogP contribution in [-0.2, 0) is 12.6 Å². The zero-order valence-corrected chi connectivity index (χ0v) is 14.9. The molecule has 0 aliphatic rings. The Morgan fingerprint density at radius 2 is 1.96 bits per heavy atom. The molecule has 0 aliphatic heterocycles. The summed E-state index contributed by atoms with van der Waals surface area (Å²) in [6.45, 7) is 6.79. The van der Waals surface area contributed by atoms with Gasteiger partial charge in [-0.05, 0) is 43.5 Å². The van der Waals surface area contributed by atoms with Crippen molar-refractivity contribution in [2.75, 3.05) is 13.6 Å². The Morgan fingerprint density at radius 3 is 2.54 bits per heavy atom. The van der Waals surface area contributed by atoms with Crippen molar-refractivity contribution in [2.24, 2.45) is 4.99 Å². The van der Waals surface area contributed by atoms with Crippen LogP contribution in [0.3, 0.4) is 0 Å². The van der Waals surface area contributed by atoms with Crippen molar-refractivity contribution in [3.8, 4) is 0 Å². The average molecular weight is 355 g/mol. The van der Waals surface area contributed by atoms with E-state index in [2.05, 4.69) is 9.98 Å². The maximum absolute atomic E-state index is 12.6. The van der Waals surface area contributed by atoms with Gasteiger partial charge < -0.3 is 4.90 Å². The fourth-order valence-electron chi connectivity index (χ4n) is 2.12. The smallest absolute Gasteiger partial charge is 0.366 e. The summed E-state index contributed by atoms with van der Waals surface area (Å²) in [5, 5.41) is 1.53. The van der Waals surface area contributed by atoms with Gasteiger partial charge in [0.2, 0.25) is 0 Å². The predicted molar refractivity (Wildman–Crippen MR) is 92.3 cm³/mol. The highest BCUT2D eigenvalue weighted by atomic mass is 32.1. The van der Waals surface area contributed by atoms with E-state index >= 15 is 0 Å². The summed E-state index contributed by atoms with van der Waals surface area (Å²) >= 11 is 1.04. The Kier molecular flexibility index (Phi) is 5.64. The molecule has 1 aromatic heterocycles. The molecule has 0 bridgehead atoms. The number of alkyl halides is 3. The molecule has 0 N–H and O–H groups in total. The van der Waals surface area contributed by atoms with E-state index in [1.807, 2.05) is 44.9 Å². The van der Waals surface area contributed by atoms with E-state index in [9.17, 15) is 13.2 Å². The fourth-order valence-corrected chi connectivity index (χ4v) is 2.94. The van der Waals surface area contributed by atoms with Crippen molar-refractivity contribution >= 4 is 23.4 Å². The van der Waals surface area contributed by atoms with Crippen molar-refractivity contribution in [3.05, 3.63) is 44.9 Å². The zero-order chi connectivity index (χ0) is 17.9. The number of aryl methyl sites for hydroxylation is 2. The molecule has 0 saturated heterocycles. The van der Waals surface area contributed by atoms with E-state index in [0.717, 1.165) is 45.6 Å². The normalized spacial score (nSPS) is 12.1. The molecule has 0 unspecified atom stereocenters. The number of aliphatic imine (C=N–C) groups is 1. The summed E-state index contributed by atoms with van der Waals surface area (Å²) in [6.07, 6.45) is -2.21. The Hall–Kier alpha value is -1.89. The third-order valence-electron chi connectivity index (χ3n) is 3.73. The molecule has 0 amide bonds. The molecule has 0 spiro atoms. The topological polar surface area (TPSA) is 28.5 Å². The molecule has 0 aliphatic carbocycles. The molecule has 130 valence electrons. The summed E-state index contributed by atoms with van der Waals surface area (Å²) < 4.78 is 37.9. The number of hydrogen-bond acceptors (Lipinski definition) is 3. The molecular weight excluding hydrogens is 335 g/mol. The van der Waals surface area contributed by atoms with Gasteiger partial charge in [-0.1, -0.05) is 6.07 Å². The number of benzene rings is 1. The summed E-state index contributed by atoms with van der Waals surface area (Å²) in [7, 11) is 1.95. The zero-order valence-electron chi connectivity index (χ0n) is 14.1. The number of thiazole rings is 1. The van der Waals surface area contributed by atoms with E-state index < -0.39 is 11.9 Å². The second kappa shape index (κ2) is 7.34. The summed E-state index contributed by atoms with van der Waals surface area (Å²) in [5.74, 6) is 0. The van der Waals surface area contributed by atoms with Gasteiger partial charge in [-0.3, -0.25) is 0 Å². The minimum Gasteiger partial charge on any atom is -0.366 e. The van der Waals surface area contributed by atoms with Crippen LogP contribution < -0.4 is 0 Å². The quantitative estimate of drug-likeness (QED) is 0.559. The third kappa shape index (κ3) is 4.56. The van der Waals surface area contributed by atoms with Gasteiger partial charge in [-0.15, -0.1) is 11.3 Å². The van der Waals surface area contributed by atoms with Crippen LogP contribution in [0.4, 0.5) is 18.9 Å². The van der Waals surface area contributed by atoms with Gasteiger partial charge in [0, 0.05) is 25.4 Å². The second-order valence-electron chi connectivity index (χ2n) is 5.68. The summed E-state index contributed by atoms with van der Waals surface area (Å²) in [6, 6.07) is 3.94. The van der Waals surface area contributed by atoms with E-state index in [0.29, 0.717) is 11.4 Å². The van der Waals surface area contributed by atoms with Crippen molar-refractivity contribution < 1.29 is 13.2 Å². The maximum atomic E-state index is 12.6. The van der Waals surface area contributed by atoms with Gasteiger partial charge in [-0.2, -0.15) is 13.2 Å². The van der Waals surface area contributed by atoms with Crippen LogP contribution in [0.15, 0.2) is 22.5 Å². The number of aromatic nitrogens is 1. The molecule has 0 radical (unpaired) electrons. The first-order chi connectivity index (χ1) is 11.2. The molecular formula is C17H20F3N3S. The summed E-state index contributed by atoms with van der Waals surface area (Å²) in [4.78, 5) is 10.1. The van der Waals surface area contributed by atoms with E-state index in [1.165, 1.54) is 0 Å². The minimum atomic E-state index is -4.39. The molecule has 1 heterocycles. The van der Waals surface area contributed by atoms with Gasteiger partial charge in [0.05, 0.1) is 17.0 Å². The largest absolute Gasteiger partial charge is 0.434 e. The molecule has 2 rings (SSSR count). The second-order valence-corrected chi connectivity index (χ2v) is 6.63. The first kappa shape index (κ1) is 18.4. The van der Waals surface area contributed by atoms with E-state index in [4.69, 9.17) is 0 Å². The van der Waals surface area contributed by atoms with Crippen LogP contribution in [-0.4, -0.2) is 29.8 Å². The van der Waals surface area contributed by atoms with Crippen LogP contribution >= 0.6 is 11.3 Å². The number of rotatable bonds is 5. The van der Waals surface area contributed by atoms with Gasteiger partial charge >= 0.3 is 6.18 Å². The van der Waals surface area contributed by atoms with Crippen LogP contribution in [0.5, 0.6) is 0 Å². The van der Waals surface area contributed by atoms with E-state index in [-0.39, 0.29) is 0 Å². The molecule has 2 aromatic rings. The average Bonchev–Trinajstić information content (AvgIpc) is 2.97. The Labute approximate surface area is 143 Å². The maximum Gasteiger partial charge on any atom is 0.434 e. The van der Waals surface area contributed by atoms with Gasteiger partial charge in [0.1, 0.15) is 0 Å². The Bertz CT molecular complexity index is 735. The van der Waals surface area contributed by atoms with Crippen LogP contribution in [0, 0.1) is 13.8 Å². The molecule has 3 nitrogen and oxygen atoms in total. The lowest BCUT2D eigenvalue weighted by atomic mass is 10.0. The highest BCUT2D eigenvalue weighted by molar-refractivity contribution is 7.09. The van der Waals surface area contributed by atoms with Crippen molar-refractivity contribution in [1.82, 2.24) is 9.88 Å². The molecule has 0 fully saturated rings. The van der Waals surface area contributed by atoms with Crippen LogP contribution in [0.1, 0.15) is 34.3 Å². The van der Waals surface area contributed by atoms with Gasteiger partial charge in [-0.25, -0.2) is 9.98 Å². The lowest BCUT2D eigenvalue weighted by molar-refractivity contribution is -0.140. The monoisotopic (exact) mass is 355 g/mol. The highest BCUT2D eigenvalue weighted by Gasteiger charge is 2.33. The predicted octanol–water partition coefficient (Wildman–Crippen LogP) is 4.98. The molecule has 24 heavy (non-hydrogen) atoms. The van der Waals surface area contributed by atoms with E-state index in [1.54, 1.807) is 6.34 Å². The molecule has 0 saturated carbocycles.